The van der Waals surface area contributed by atoms with Gasteiger partial charge in [-0.05, 0) is 0 Å². The third-order valence-electron chi connectivity index (χ3n) is 1.04. The molecule has 0 fully saturated rings. The molecule has 0 amide bonds. The van der Waals surface area contributed by atoms with Gasteiger partial charge in [0.1, 0.15) is 12.7 Å². The van der Waals surface area contributed by atoms with Crippen LogP contribution in [0.5, 0.6) is 0 Å². The first-order chi connectivity index (χ1) is 7.81. The van der Waals surface area contributed by atoms with Gasteiger partial charge in [-0.1, -0.05) is 12.0 Å². The highest BCUT2D eigenvalue weighted by Crippen LogP contribution is 2.43. The van der Waals surface area contributed by atoms with Crippen molar-refractivity contribution in [2.75, 3.05) is 26.4 Å². The summed E-state index contributed by atoms with van der Waals surface area (Å²) in [5, 5.41) is 9.15. The van der Waals surface area contributed by atoms with Gasteiger partial charge < -0.3 is 14.6 Å². The molecule has 8 heteroatoms. The molecule has 0 aromatic carbocycles. The van der Waals surface area contributed by atoms with Crippen molar-refractivity contribution in [1.29, 1.82) is 0 Å². The second kappa shape index (κ2) is 11.7. The molecule has 1 atom stereocenters. The Hall–Kier alpha value is -0.770. The first kappa shape index (κ1) is 18.6. The summed E-state index contributed by atoms with van der Waals surface area (Å²) >= 11 is 0. The molecule has 0 aliphatic carbocycles. The van der Waals surface area contributed by atoms with Gasteiger partial charge in [-0.25, -0.2) is 4.57 Å². The number of aliphatic hydroxyl groups is 1. The maximum absolute atomic E-state index is 10.1. The van der Waals surface area contributed by atoms with Crippen molar-refractivity contribution in [1.82, 2.24) is 0 Å². The van der Waals surface area contributed by atoms with Gasteiger partial charge in [-0.2, -0.15) is 0 Å². The lowest BCUT2D eigenvalue weighted by atomic mass is 10.4. The Kier molecular flexibility index (Phi) is 12.8. The third kappa shape index (κ3) is 31.3. The molecule has 0 aliphatic heterocycles. The number of hydrogen-bond acceptors (Lipinski definition) is 4. The number of ether oxygens (including phenoxy) is 2. The van der Waals surface area contributed by atoms with Gasteiger partial charge in [0, 0.05) is 0 Å². The Morgan fingerprint density at radius 1 is 1.47 bits per heavy atom. The van der Waals surface area contributed by atoms with E-state index in [4.69, 9.17) is 30.5 Å². The van der Waals surface area contributed by atoms with E-state index < -0.39 is 14.1 Å². The zero-order valence-corrected chi connectivity index (χ0v) is 9.98. The molecule has 0 heterocycles. The Balaban J connectivity index is 0. The summed E-state index contributed by atoms with van der Waals surface area (Å²) in [5.74, 6) is 2.30. The van der Waals surface area contributed by atoms with Crippen LogP contribution in [0, 0.1) is 12.3 Å². The van der Waals surface area contributed by atoms with Gasteiger partial charge in [0.15, 0.2) is 0 Å². The molecule has 17 heavy (non-hydrogen) atoms. The molecule has 0 aromatic heterocycles. The van der Waals surface area contributed by atoms with Crippen LogP contribution in [0.4, 0.5) is 8.39 Å². The summed E-state index contributed by atoms with van der Waals surface area (Å²) in [5.41, 5.74) is 0. The summed E-state index contributed by atoms with van der Waals surface area (Å²) in [6.45, 7) is 4.58. The summed E-state index contributed by atoms with van der Waals surface area (Å²) in [6, 6.07) is 0. The number of halogens is 2. The van der Waals surface area contributed by atoms with Gasteiger partial charge in [0.2, 0.25) is 0 Å². The molecule has 1 unspecified atom stereocenters. The number of rotatable bonds is 7. The van der Waals surface area contributed by atoms with E-state index in [2.05, 4.69) is 12.5 Å². The number of terminal acetylenes is 1. The van der Waals surface area contributed by atoms with Gasteiger partial charge in [0.05, 0.1) is 19.8 Å². The molecule has 0 radical (unpaired) electrons. The number of hydrogen-bond donors (Lipinski definition) is 2. The Labute approximate surface area is 98.7 Å². The van der Waals surface area contributed by atoms with Gasteiger partial charge in [0.25, 0.3) is 0 Å². The van der Waals surface area contributed by atoms with Gasteiger partial charge >= 0.3 is 7.99 Å². The summed E-state index contributed by atoms with van der Waals surface area (Å²) in [4.78, 5) is 6.74. The van der Waals surface area contributed by atoms with Crippen LogP contribution >= 0.6 is 7.99 Å². The SMILES string of the molecule is C#CCOCC(O)COCC=C.O=P(O)(F)F. The summed E-state index contributed by atoms with van der Waals surface area (Å²) in [7, 11) is -5.64. The fourth-order valence-electron chi connectivity index (χ4n) is 0.589. The number of aliphatic hydroxyl groups excluding tert-OH is 1. The normalized spacial score (nSPS) is 11.9. The van der Waals surface area contributed by atoms with E-state index in [0.29, 0.717) is 6.61 Å². The minimum atomic E-state index is -5.64. The van der Waals surface area contributed by atoms with Crippen LogP contribution in [0.2, 0.25) is 0 Å². The second-order valence-electron chi connectivity index (χ2n) is 2.63. The van der Waals surface area contributed by atoms with Crippen molar-refractivity contribution in [3.63, 3.8) is 0 Å². The Bertz CT molecular complexity index is 265. The van der Waals surface area contributed by atoms with Crippen LogP contribution < -0.4 is 0 Å². The third-order valence-corrected chi connectivity index (χ3v) is 1.04. The monoisotopic (exact) mass is 272 g/mol. The summed E-state index contributed by atoms with van der Waals surface area (Å²) in [6.07, 6.45) is 5.94. The smallest absolute Gasteiger partial charge is 0.388 e. The molecule has 5 nitrogen and oxygen atoms in total. The standard InChI is InChI=1S/C9H14O3.F2HO2P/c1-3-5-11-7-9(10)8-12-6-4-2;1-5(2,3)4/h1,4,9-10H,2,5-8H2;(H,3,4). The lowest BCUT2D eigenvalue weighted by molar-refractivity contribution is -0.00543. The minimum absolute atomic E-state index is 0.210. The molecule has 0 spiro atoms. The maximum atomic E-state index is 10.1. The van der Waals surface area contributed by atoms with E-state index in [-0.39, 0.29) is 19.8 Å². The predicted octanol–water partition coefficient (Wildman–Crippen LogP) is 1.23. The molecule has 0 aliphatic rings. The molecular formula is C9H15F2O5P. The average molecular weight is 272 g/mol. The van der Waals surface area contributed by atoms with Crippen LogP contribution in [-0.2, 0) is 14.0 Å². The molecule has 0 saturated heterocycles. The van der Waals surface area contributed by atoms with Crippen molar-refractivity contribution in [2.45, 2.75) is 6.10 Å². The zero-order chi connectivity index (χ0) is 13.7. The molecule has 0 bridgehead atoms. The molecule has 0 rings (SSSR count). The van der Waals surface area contributed by atoms with Crippen LogP contribution in [0.1, 0.15) is 0 Å². The fourth-order valence-corrected chi connectivity index (χ4v) is 0.589. The van der Waals surface area contributed by atoms with Gasteiger partial charge in [-0.3, -0.25) is 4.89 Å². The maximum Gasteiger partial charge on any atom is 0.549 e. The first-order valence-corrected chi connectivity index (χ1v) is 5.85. The predicted molar refractivity (Wildman–Crippen MR) is 58.7 cm³/mol. The fraction of sp³-hybridized carbons (Fsp3) is 0.556. The molecule has 0 aromatic rings. The van der Waals surface area contributed by atoms with Crippen LogP contribution in [0.25, 0.3) is 0 Å². The van der Waals surface area contributed by atoms with E-state index in [1.165, 1.54) is 0 Å². The Morgan fingerprint density at radius 2 is 1.94 bits per heavy atom. The van der Waals surface area contributed by atoms with Crippen molar-refractivity contribution >= 4 is 7.99 Å². The molecular weight excluding hydrogens is 257 g/mol. The molecule has 2 N–H and O–H groups in total. The van der Waals surface area contributed by atoms with E-state index in [1.807, 2.05) is 0 Å². The topological polar surface area (TPSA) is 76.0 Å². The second-order valence-corrected chi connectivity index (χ2v) is 3.50. The van der Waals surface area contributed by atoms with E-state index in [1.54, 1.807) is 6.08 Å². The zero-order valence-electron chi connectivity index (χ0n) is 9.09. The van der Waals surface area contributed by atoms with Crippen LogP contribution in [0.3, 0.4) is 0 Å². The van der Waals surface area contributed by atoms with Crippen molar-refractivity contribution < 1.29 is 32.4 Å². The van der Waals surface area contributed by atoms with E-state index >= 15 is 0 Å². The van der Waals surface area contributed by atoms with Crippen molar-refractivity contribution in [3.05, 3.63) is 12.7 Å². The van der Waals surface area contributed by atoms with Gasteiger partial charge in [-0.15, -0.1) is 21.4 Å². The molecule has 0 saturated carbocycles. The van der Waals surface area contributed by atoms with Crippen molar-refractivity contribution in [3.8, 4) is 12.3 Å². The van der Waals surface area contributed by atoms with Crippen LogP contribution in [0.15, 0.2) is 12.7 Å². The largest absolute Gasteiger partial charge is 0.549 e. The summed E-state index contributed by atoms with van der Waals surface area (Å²) < 4.78 is 38.6. The lowest BCUT2D eigenvalue weighted by Crippen LogP contribution is -2.21. The van der Waals surface area contributed by atoms with E-state index in [9.17, 15) is 8.39 Å². The molecule has 100 valence electrons. The quantitative estimate of drug-likeness (QED) is 0.315. The van der Waals surface area contributed by atoms with Crippen LogP contribution in [-0.4, -0.2) is 42.5 Å². The average Bonchev–Trinajstić information content (AvgIpc) is 2.16. The highest BCUT2D eigenvalue weighted by molar-refractivity contribution is 7.46. The van der Waals surface area contributed by atoms with E-state index in [0.717, 1.165) is 0 Å². The highest BCUT2D eigenvalue weighted by atomic mass is 31.2. The highest BCUT2D eigenvalue weighted by Gasteiger charge is 2.09. The van der Waals surface area contributed by atoms with Crippen molar-refractivity contribution in [2.24, 2.45) is 0 Å². The minimum Gasteiger partial charge on any atom is -0.388 e. The lowest BCUT2D eigenvalue weighted by Gasteiger charge is -2.09. The Morgan fingerprint density at radius 3 is 2.35 bits per heavy atom. The first-order valence-electron chi connectivity index (χ1n) is 4.41.